The highest BCUT2D eigenvalue weighted by atomic mass is 19.1. The summed E-state index contributed by atoms with van der Waals surface area (Å²) in [5.74, 6) is 5.44. The second-order valence-electron chi connectivity index (χ2n) is 5.28. The van der Waals surface area contributed by atoms with Crippen molar-refractivity contribution < 1.29 is 14.2 Å². The summed E-state index contributed by atoms with van der Waals surface area (Å²) in [7, 11) is 1.69. The fourth-order valence-corrected chi connectivity index (χ4v) is 2.23. The first kappa shape index (κ1) is 16.0. The Balaban J connectivity index is 2.01. The molecule has 1 N–H and O–H groups in total. The van der Waals surface area contributed by atoms with Crippen LogP contribution in [0.5, 0.6) is 0 Å². The maximum atomic E-state index is 14.2. The molecule has 3 nitrogen and oxygen atoms in total. The number of hydrogen-bond donors (Lipinski definition) is 1. The van der Waals surface area contributed by atoms with E-state index in [1.165, 1.54) is 18.9 Å². The summed E-state index contributed by atoms with van der Waals surface area (Å²) in [6, 6.07) is 5.69. The lowest BCUT2D eigenvalue weighted by atomic mass is 10.1. The lowest BCUT2D eigenvalue weighted by Crippen LogP contribution is -2.29. The number of ether oxygens (including phenoxy) is 1. The fourth-order valence-electron chi connectivity index (χ4n) is 2.23. The van der Waals surface area contributed by atoms with Gasteiger partial charge in [0.05, 0.1) is 13.2 Å². The molecular weight excluding hydrogens is 269 g/mol. The molecule has 114 valence electrons. The number of halogens is 1. The molecule has 0 heterocycles. The summed E-state index contributed by atoms with van der Waals surface area (Å²) in [4.78, 5) is 2.28. The van der Waals surface area contributed by atoms with Gasteiger partial charge in [0, 0.05) is 43.8 Å². The van der Waals surface area contributed by atoms with Crippen LogP contribution in [0.2, 0.25) is 0 Å². The average molecular weight is 291 g/mol. The molecule has 0 aromatic heterocycles. The molecule has 0 unspecified atom stereocenters. The number of methoxy groups -OCH3 is 1. The third-order valence-electron chi connectivity index (χ3n) is 3.54. The molecule has 0 spiro atoms. The van der Waals surface area contributed by atoms with Crippen LogP contribution < -0.4 is 0 Å². The Morgan fingerprint density at radius 3 is 2.86 bits per heavy atom. The monoisotopic (exact) mass is 291 g/mol. The van der Waals surface area contributed by atoms with Gasteiger partial charge < -0.3 is 9.84 Å². The number of rotatable bonds is 7. The Bertz CT molecular complexity index is 517. The molecule has 0 amide bonds. The molecule has 0 aliphatic heterocycles. The van der Waals surface area contributed by atoms with Crippen molar-refractivity contribution in [3.8, 4) is 11.8 Å². The van der Waals surface area contributed by atoms with Crippen molar-refractivity contribution in [2.24, 2.45) is 0 Å². The zero-order valence-electron chi connectivity index (χ0n) is 12.4. The van der Waals surface area contributed by atoms with E-state index in [0.717, 1.165) is 6.54 Å². The lowest BCUT2D eigenvalue weighted by Gasteiger charge is -2.21. The van der Waals surface area contributed by atoms with Crippen LogP contribution in [0.4, 0.5) is 4.39 Å². The van der Waals surface area contributed by atoms with E-state index < -0.39 is 0 Å². The molecule has 0 atom stereocenters. The third kappa shape index (κ3) is 5.13. The van der Waals surface area contributed by atoms with Crippen LogP contribution in [0.3, 0.4) is 0 Å². The van der Waals surface area contributed by atoms with E-state index in [9.17, 15) is 4.39 Å². The van der Waals surface area contributed by atoms with E-state index in [4.69, 9.17) is 9.84 Å². The van der Waals surface area contributed by atoms with Crippen molar-refractivity contribution in [3.63, 3.8) is 0 Å². The van der Waals surface area contributed by atoms with E-state index in [2.05, 4.69) is 16.7 Å². The van der Waals surface area contributed by atoms with Crippen LogP contribution in [0.1, 0.15) is 30.4 Å². The molecule has 4 heteroatoms. The number of benzene rings is 1. The predicted molar refractivity (Wildman–Crippen MR) is 80.3 cm³/mol. The normalized spacial score (nSPS) is 14.1. The molecule has 2 rings (SSSR count). The van der Waals surface area contributed by atoms with Gasteiger partial charge in [0.25, 0.3) is 0 Å². The lowest BCUT2D eigenvalue weighted by molar-refractivity contribution is 0.139. The Labute approximate surface area is 125 Å². The van der Waals surface area contributed by atoms with Crippen molar-refractivity contribution in [1.29, 1.82) is 0 Å². The fraction of sp³-hybridized carbons (Fsp3) is 0.529. The van der Waals surface area contributed by atoms with Gasteiger partial charge in [0.2, 0.25) is 0 Å². The maximum absolute atomic E-state index is 14.2. The first-order valence-corrected chi connectivity index (χ1v) is 7.35. The highest BCUT2D eigenvalue weighted by molar-refractivity contribution is 5.37. The molecule has 1 fully saturated rings. The van der Waals surface area contributed by atoms with E-state index in [0.29, 0.717) is 36.7 Å². The molecule has 1 saturated carbocycles. The zero-order valence-corrected chi connectivity index (χ0v) is 12.4. The van der Waals surface area contributed by atoms with Crippen molar-refractivity contribution in [3.05, 3.63) is 35.1 Å². The molecule has 21 heavy (non-hydrogen) atoms. The molecule has 1 aliphatic carbocycles. The highest BCUT2D eigenvalue weighted by Crippen LogP contribution is 2.28. The Kier molecular flexibility index (Phi) is 6.19. The Morgan fingerprint density at radius 1 is 1.43 bits per heavy atom. The minimum Gasteiger partial charge on any atom is -0.395 e. The van der Waals surface area contributed by atoms with Gasteiger partial charge in [-0.3, -0.25) is 4.90 Å². The van der Waals surface area contributed by atoms with E-state index in [1.807, 2.05) is 6.07 Å². The predicted octanol–water partition coefficient (Wildman–Crippen LogP) is 2.17. The molecule has 1 aliphatic rings. The second kappa shape index (κ2) is 8.14. The quantitative estimate of drug-likeness (QED) is 0.782. The van der Waals surface area contributed by atoms with Gasteiger partial charge in [-0.2, -0.15) is 0 Å². The van der Waals surface area contributed by atoms with Crippen LogP contribution in [0, 0.1) is 17.7 Å². The van der Waals surface area contributed by atoms with Crippen molar-refractivity contribution in [1.82, 2.24) is 4.90 Å². The van der Waals surface area contributed by atoms with Gasteiger partial charge in [0.15, 0.2) is 0 Å². The summed E-state index contributed by atoms with van der Waals surface area (Å²) in [5.41, 5.74) is 1.35. The van der Waals surface area contributed by atoms with Crippen LogP contribution >= 0.6 is 0 Å². The number of aliphatic hydroxyl groups excluding tert-OH is 1. The van der Waals surface area contributed by atoms with Crippen molar-refractivity contribution >= 4 is 0 Å². The number of aliphatic hydroxyl groups is 1. The van der Waals surface area contributed by atoms with Gasteiger partial charge in [-0.05, 0) is 25.0 Å². The van der Waals surface area contributed by atoms with Crippen LogP contribution in [-0.4, -0.2) is 42.9 Å². The molecular formula is C17H22FNO2. The minimum atomic E-state index is -0.214. The number of hydrogen-bond acceptors (Lipinski definition) is 3. The topological polar surface area (TPSA) is 32.7 Å². The minimum absolute atomic E-state index is 0.0312. The summed E-state index contributed by atoms with van der Waals surface area (Å²) in [6.07, 6.45) is 2.79. The third-order valence-corrected chi connectivity index (χ3v) is 3.54. The molecule has 0 radical (unpaired) electrons. The second-order valence-corrected chi connectivity index (χ2v) is 5.28. The standard InChI is InChI=1S/C17H22FNO2/c1-21-11-9-19(16-7-8-16)13-15-6-5-14(12-17(15)18)4-2-3-10-20/h5-6,12,16,20H,3,7-11,13H2,1H3. The van der Waals surface area contributed by atoms with Gasteiger partial charge in [-0.25, -0.2) is 4.39 Å². The maximum Gasteiger partial charge on any atom is 0.128 e. The molecule has 0 bridgehead atoms. The van der Waals surface area contributed by atoms with Gasteiger partial charge in [-0.15, -0.1) is 0 Å². The molecule has 1 aromatic carbocycles. The van der Waals surface area contributed by atoms with Crippen molar-refractivity contribution in [2.75, 3.05) is 26.9 Å². The highest BCUT2D eigenvalue weighted by Gasteiger charge is 2.29. The summed E-state index contributed by atoms with van der Waals surface area (Å²) in [6.45, 7) is 2.15. The molecule has 0 saturated heterocycles. The molecule has 1 aromatic rings. The first-order valence-electron chi connectivity index (χ1n) is 7.35. The zero-order chi connectivity index (χ0) is 15.1. The van der Waals surface area contributed by atoms with Crippen LogP contribution in [0.25, 0.3) is 0 Å². The smallest absolute Gasteiger partial charge is 0.128 e. The summed E-state index contributed by atoms with van der Waals surface area (Å²) < 4.78 is 19.3. The van der Waals surface area contributed by atoms with Gasteiger partial charge in [0.1, 0.15) is 5.82 Å². The first-order chi connectivity index (χ1) is 10.2. The Hall–Kier alpha value is -1.41. The van der Waals surface area contributed by atoms with Crippen LogP contribution in [-0.2, 0) is 11.3 Å². The SMILES string of the molecule is COCCN(Cc1ccc(C#CCCO)cc1F)C1CC1. The number of nitrogens with zero attached hydrogens (tertiary/aromatic N) is 1. The largest absolute Gasteiger partial charge is 0.395 e. The van der Waals surface area contributed by atoms with E-state index in [1.54, 1.807) is 13.2 Å². The van der Waals surface area contributed by atoms with Crippen LogP contribution in [0.15, 0.2) is 18.2 Å². The van der Waals surface area contributed by atoms with Gasteiger partial charge >= 0.3 is 0 Å². The Morgan fingerprint density at radius 2 is 2.24 bits per heavy atom. The van der Waals surface area contributed by atoms with E-state index >= 15 is 0 Å². The van der Waals surface area contributed by atoms with Crippen molar-refractivity contribution in [2.45, 2.75) is 31.8 Å². The van der Waals surface area contributed by atoms with Gasteiger partial charge in [-0.1, -0.05) is 17.9 Å². The van der Waals surface area contributed by atoms with E-state index in [-0.39, 0.29) is 12.4 Å². The average Bonchev–Trinajstić information content (AvgIpc) is 3.30. The summed E-state index contributed by atoms with van der Waals surface area (Å²) in [5, 5.41) is 8.68. The summed E-state index contributed by atoms with van der Waals surface area (Å²) >= 11 is 0.